The second-order valence-corrected chi connectivity index (χ2v) is 14.9. The van der Waals surface area contributed by atoms with Crippen LogP contribution in [0.5, 0.6) is 0 Å². The highest BCUT2D eigenvalue weighted by atomic mass is 15.0. The summed E-state index contributed by atoms with van der Waals surface area (Å²) >= 11 is 0. The number of hydrogen-bond donors (Lipinski definition) is 0. The van der Waals surface area contributed by atoms with Gasteiger partial charge in [-0.1, -0.05) is 164 Å². The van der Waals surface area contributed by atoms with Crippen molar-refractivity contribution in [2.45, 2.75) is 0 Å². The third-order valence-electron chi connectivity index (χ3n) is 10.8. The summed E-state index contributed by atoms with van der Waals surface area (Å²) in [6, 6.07) is 65.5. The van der Waals surface area contributed by atoms with Crippen LogP contribution in [0.1, 0.15) is 0 Å². The lowest BCUT2D eigenvalue weighted by Crippen LogP contribution is -1.98. The molecule has 0 amide bonds. The van der Waals surface area contributed by atoms with Crippen molar-refractivity contribution < 1.29 is 0 Å². The van der Waals surface area contributed by atoms with Gasteiger partial charge in [-0.2, -0.15) is 0 Å². The lowest BCUT2D eigenvalue weighted by atomic mass is 9.97. The van der Waals surface area contributed by atoms with Gasteiger partial charge in [0.25, 0.3) is 0 Å². The molecule has 11 aromatic rings. The molecule has 0 aliphatic heterocycles. The number of rotatable bonds is 8. The summed E-state index contributed by atoms with van der Waals surface area (Å²) in [5.74, 6) is 2.35. The Bertz CT molecular complexity index is 3170. The van der Waals surface area contributed by atoms with Crippen LogP contribution in [-0.4, -0.2) is 39.9 Å². The number of aromatic nitrogens is 8. The summed E-state index contributed by atoms with van der Waals surface area (Å²) in [5, 5.41) is 1.96. The Hall–Kier alpha value is -8.62. The van der Waals surface area contributed by atoms with Crippen LogP contribution in [0.15, 0.2) is 207 Å². The van der Waals surface area contributed by atoms with Crippen LogP contribution in [0.3, 0.4) is 0 Å². The first-order valence-corrected chi connectivity index (χ1v) is 20.3. The molecule has 11 rings (SSSR count). The predicted octanol–water partition coefficient (Wildman–Crippen LogP) is 12.5. The van der Waals surface area contributed by atoms with E-state index in [1.807, 2.05) is 134 Å². The molecule has 0 N–H and O–H groups in total. The maximum absolute atomic E-state index is 5.02. The van der Waals surface area contributed by atoms with Gasteiger partial charge in [0.05, 0.1) is 22.4 Å². The molecule has 8 nitrogen and oxygen atoms in total. The standard InChI is InChI=1S/C54H34N8/c1-3-12-39(13-4-1)51-59-47(31-49(61-51)53-55-33-43-16-7-9-20-45(43)57-53)37-26-22-35(23-27-37)41-18-11-19-42(30-41)36-24-28-38(29-25-36)48-32-50(62-52(60-48)40-14-5-2-6-15-40)54-56-34-44-17-8-10-21-46(44)58-54/h1-34H. The minimum Gasteiger partial charge on any atom is -0.235 e. The molecule has 0 spiro atoms. The van der Waals surface area contributed by atoms with Crippen molar-refractivity contribution in [2.75, 3.05) is 0 Å². The highest BCUT2D eigenvalue weighted by Crippen LogP contribution is 2.33. The first-order valence-electron chi connectivity index (χ1n) is 20.3. The van der Waals surface area contributed by atoms with Gasteiger partial charge in [-0.05, 0) is 52.6 Å². The lowest BCUT2D eigenvalue weighted by Gasteiger charge is -2.11. The number of benzene rings is 7. The molecule has 0 unspecified atom stereocenters. The monoisotopic (exact) mass is 794 g/mol. The molecule has 0 bridgehead atoms. The maximum Gasteiger partial charge on any atom is 0.178 e. The highest BCUT2D eigenvalue weighted by molar-refractivity contribution is 5.82. The molecule has 8 heteroatoms. The van der Waals surface area contributed by atoms with Gasteiger partial charge in [-0.25, -0.2) is 39.9 Å². The highest BCUT2D eigenvalue weighted by Gasteiger charge is 2.15. The van der Waals surface area contributed by atoms with Gasteiger partial charge in [-0.15, -0.1) is 0 Å². The van der Waals surface area contributed by atoms with Crippen molar-refractivity contribution in [2.24, 2.45) is 0 Å². The molecule has 0 fully saturated rings. The number of nitrogens with zero attached hydrogens (tertiary/aromatic N) is 8. The van der Waals surface area contributed by atoms with Crippen molar-refractivity contribution in [3.05, 3.63) is 207 Å². The Morgan fingerprint density at radius 3 is 1.05 bits per heavy atom. The van der Waals surface area contributed by atoms with Crippen molar-refractivity contribution in [1.82, 2.24) is 39.9 Å². The molecule has 7 aromatic carbocycles. The Morgan fingerprint density at radius 1 is 0.226 bits per heavy atom. The smallest absolute Gasteiger partial charge is 0.178 e. The molecule has 4 aromatic heterocycles. The van der Waals surface area contributed by atoms with Gasteiger partial charge >= 0.3 is 0 Å². The fourth-order valence-electron chi connectivity index (χ4n) is 7.59. The van der Waals surface area contributed by atoms with E-state index in [1.165, 1.54) is 0 Å². The summed E-state index contributed by atoms with van der Waals surface area (Å²) in [6.07, 6.45) is 3.69. The molecular weight excluding hydrogens is 761 g/mol. The minimum atomic E-state index is 0.556. The predicted molar refractivity (Wildman–Crippen MR) is 247 cm³/mol. The average molecular weight is 795 g/mol. The Morgan fingerprint density at radius 2 is 0.597 bits per heavy atom. The summed E-state index contributed by atoms with van der Waals surface area (Å²) in [6.45, 7) is 0. The van der Waals surface area contributed by atoms with Crippen LogP contribution in [0.25, 0.3) is 112 Å². The number of hydrogen-bond acceptors (Lipinski definition) is 8. The van der Waals surface area contributed by atoms with E-state index in [-0.39, 0.29) is 0 Å². The second-order valence-electron chi connectivity index (χ2n) is 14.9. The van der Waals surface area contributed by atoms with E-state index in [9.17, 15) is 0 Å². The average Bonchev–Trinajstić information content (AvgIpc) is 3.36. The van der Waals surface area contributed by atoms with Crippen LogP contribution in [0.2, 0.25) is 0 Å². The third kappa shape index (κ3) is 7.33. The van der Waals surface area contributed by atoms with Crippen molar-refractivity contribution in [3.63, 3.8) is 0 Å². The van der Waals surface area contributed by atoms with E-state index in [1.54, 1.807) is 0 Å². The topological polar surface area (TPSA) is 103 Å². The lowest BCUT2D eigenvalue weighted by molar-refractivity contribution is 1.13. The molecule has 290 valence electrons. The fraction of sp³-hybridized carbons (Fsp3) is 0. The zero-order valence-corrected chi connectivity index (χ0v) is 33.2. The zero-order valence-electron chi connectivity index (χ0n) is 33.2. The summed E-state index contributed by atoms with van der Waals surface area (Å²) < 4.78 is 0. The largest absolute Gasteiger partial charge is 0.235 e. The first kappa shape index (κ1) is 36.5. The molecule has 0 saturated heterocycles. The van der Waals surface area contributed by atoms with E-state index in [0.29, 0.717) is 34.7 Å². The third-order valence-corrected chi connectivity index (χ3v) is 10.8. The second kappa shape index (κ2) is 15.9. The first-order chi connectivity index (χ1) is 30.7. The summed E-state index contributed by atoms with van der Waals surface area (Å²) in [5.41, 5.74) is 12.9. The summed E-state index contributed by atoms with van der Waals surface area (Å²) in [7, 11) is 0. The Balaban J connectivity index is 0.893. The van der Waals surface area contributed by atoms with E-state index >= 15 is 0 Å². The fourth-order valence-corrected chi connectivity index (χ4v) is 7.59. The van der Waals surface area contributed by atoms with Crippen LogP contribution in [-0.2, 0) is 0 Å². The van der Waals surface area contributed by atoms with Crippen LogP contribution in [0.4, 0.5) is 0 Å². The molecule has 0 aliphatic rings. The molecular formula is C54H34N8. The van der Waals surface area contributed by atoms with E-state index in [2.05, 4.69) is 82.8 Å². The van der Waals surface area contributed by atoms with Crippen molar-refractivity contribution in [1.29, 1.82) is 0 Å². The van der Waals surface area contributed by atoms with E-state index in [4.69, 9.17) is 29.9 Å². The van der Waals surface area contributed by atoms with Gasteiger partial charge in [0.1, 0.15) is 11.4 Å². The van der Waals surface area contributed by atoms with E-state index in [0.717, 1.165) is 77.7 Å². The molecule has 0 aliphatic carbocycles. The number of para-hydroxylation sites is 2. The zero-order chi connectivity index (χ0) is 41.2. The molecule has 0 atom stereocenters. The molecule has 0 saturated carbocycles. The van der Waals surface area contributed by atoms with Crippen LogP contribution >= 0.6 is 0 Å². The van der Waals surface area contributed by atoms with Gasteiger partial charge in [0.15, 0.2) is 23.3 Å². The van der Waals surface area contributed by atoms with Gasteiger partial charge in [-0.3, -0.25) is 0 Å². The van der Waals surface area contributed by atoms with Crippen LogP contribution < -0.4 is 0 Å². The normalized spacial score (nSPS) is 11.2. The molecule has 62 heavy (non-hydrogen) atoms. The maximum atomic E-state index is 5.02. The Labute approximate surface area is 357 Å². The molecule has 4 heterocycles. The van der Waals surface area contributed by atoms with Gasteiger partial charge in [0.2, 0.25) is 0 Å². The van der Waals surface area contributed by atoms with Crippen molar-refractivity contribution >= 4 is 21.8 Å². The molecule has 0 radical (unpaired) electrons. The van der Waals surface area contributed by atoms with E-state index < -0.39 is 0 Å². The Kier molecular flexibility index (Phi) is 9.33. The summed E-state index contributed by atoms with van der Waals surface area (Å²) in [4.78, 5) is 38.9. The van der Waals surface area contributed by atoms with Gasteiger partial charge < -0.3 is 0 Å². The minimum absolute atomic E-state index is 0.556. The van der Waals surface area contributed by atoms with Crippen LogP contribution in [0, 0.1) is 0 Å². The SMILES string of the molecule is c1ccc(-c2nc(-c3ccc(-c4cccc(-c5ccc(-c6cc(-c7ncc8ccccc8n7)nc(-c7ccccc7)n6)cc5)c4)cc3)cc(-c3ncc4ccccc4n3)n2)cc1. The quantitative estimate of drug-likeness (QED) is 0.150. The van der Waals surface area contributed by atoms with Gasteiger partial charge in [0, 0.05) is 45.4 Å². The number of fused-ring (bicyclic) bond motifs is 2. The van der Waals surface area contributed by atoms with Crippen molar-refractivity contribution in [3.8, 4) is 90.6 Å².